The highest BCUT2D eigenvalue weighted by Gasteiger charge is 2.32. The molecule has 0 bridgehead atoms. The van der Waals surface area contributed by atoms with Crippen molar-refractivity contribution in [1.82, 2.24) is 0 Å². The standard InChI is InChI=1S/C23H17FN2O/c1-16-6-5-9-20(14-16)26-22(18-7-3-2-4-8-18)25-21(23(26)27)15-17-10-12-19(24)13-11-17/h2-15H,1H3/b21-15+. The van der Waals surface area contributed by atoms with Crippen LogP contribution >= 0.6 is 0 Å². The van der Waals surface area contributed by atoms with Gasteiger partial charge in [0.2, 0.25) is 0 Å². The molecule has 3 nitrogen and oxygen atoms in total. The van der Waals surface area contributed by atoms with E-state index in [1.807, 2.05) is 61.5 Å². The number of nitrogens with zero attached hydrogens (tertiary/aromatic N) is 2. The van der Waals surface area contributed by atoms with Gasteiger partial charge in [-0.1, -0.05) is 54.6 Å². The Bertz CT molecular complexity index is 1050. The molecule has 132 valence electrons. The van der Waals surface area contributed by atoms with E-state index in [2.05, 4.69) is 4.99 Å². The summed E-state index contributed by atoms with van der Waals surface area (Å²) in [7, 11) is 0. The molecule has 0 atom stereocenters. The van der Waals surface area contributed by atoms with Gasteiger partial charge in [0.05, 0.1) is 5.69 Å². The van der Waals surface area contributed by atoms with Gasteiger partial charge >= 0.3 is 0 Å². The fourth-order valence-corrected chi connectivity index (χ4v) is 3.02. The second kappa shape index (κ2) is 7.00. The van der Waals surface area contributed by atoms with Crippen molar-refractivity contribution in [3.8, 4) is 0 Å². The maximum absolute atomic E-state index is 13.2. The zero-order chi connectivity index (χ0) is 18.8. The van der Waals surface area contributed by atoms with Gasteiger partial charge in [0.25, 0.3) is 5.91 Å². The predicted molar refractivity (Wildman–Crippen MR) is 106 cm³/mol. The molecule has 1 heterocycles. The molecule has 0 saturated heterocycles. The minimum atomic E-state index is -0.315. The highest BCUT2D eigenvalue weighted by atomic mass is 19.1. The van der Waals surface area contributed by atoms with Crippen molar-refractivity contribution in [3.05, 3.63) is 107 Å². The van der Waals surface area contributed by atoms with Crippen LogP contribution in [0, 0.1) is 12.7 Å². The first-order valence-corrected chi connectivity index (χ1v) is 8.64. The fourth-order valence-electron chi connectivity index (χ4n) is 3.02. The Morgan fingerprint density at radius 1 is 0.926 bits per heavy atom. The number of benzene rings is 3. The second-order valence-corrected chi connectivity index (χ2v) is 6.36. The average Bonchev–Trinajstić information content (AvgIpc) is 3.01. The lowest BCUT2D eigenvalue weighted by molar-refractivity contribution is -0.113. The van der Waals surface area contributed by atoms with Gasteiger partial charge in [-0.2, -0.15) is 0 Å². The fraction of sp³-hybridized carbons (Fsp3) is 0.0435. The van der Waals surface area contributed by atoms with Crippen molar-refractivity contribution < 1.29 is 9.18 Å². The monoisotopic (exact) mass is 356 g/mol. The van der Waals surface area contributed by atoms with Crippen LogP contribution in [0.4, 0.5) is 10.1 Å². The van der Waals surface area contributed by atoms with Crippen molar-refractivity contribution in [2.75, 3.05) is 4.90 Å². The Morgan fingerprint density at radius 3 is 2.37 bits per heavy atom. The van der Waals surface area contributed by atoms with Crippen LogP contribution in [0.2, 0.25) is 0 Å². The molecule has 0 unspecified atom stereocenters. The summed E-state index contributed by atoms with van der Waals surface area (Å²) in [4.78, 5) is 19.4. The summed E-state index contributed by atoms with van der Waals surface area (Å²) in [5.74, 6) is 0.0631. The molecular weight excluding hydrogens is 339 g/mol. The molecule has 27 heavy (non-hydrogen) atoms. The lowest BCUT2D eigenvalue weighted by Crippen LogP contribution is -2.32. The molecule has 0 fully saturated rings. The van der Waals surface area contributed by atoms with E-state index in [9.17, 15) is 9.18 Å². The first-order valence-electron chi connectivity index (χ1n) is 8.64. The number of amidine groups is 1. The highest BCUT2D eigenvalue weighted by Crippen LogP contribution is 2.28. The van der Waals surface area contributed by atoms with Crippen LogP contribution in [-0.2, 0) is 4.79 Å². The smallest absolute Gasteiger partial charge is 0.266 e. The number of aryl methyl sites for hydroxylation is 1. The van der Waals surface area contributed by atoms with Gasteiger partial charge in [0.15, 0.2) is 0 Å². The number of halogens is 1. The zero-order valence-corrected chi connectivity index (χ0v) is 14.8. The Morgan fingerprint density at radius 2 is 1.67 bits per heavy atom. The molecular formula is C23H17FN2O. The number of amides is 1. The third-order valence-corrected chi connectivity index (χ3v) is 4.33. The van der Waals surface area contributed by atoms with Crippen molar-refractivity contribution in [2.24, 2.45) is 4.99 Å². The molecule has 0 spiro atoms. The number of rotatable bonds is 3. The number of carbonyl (C=O) groups excluding carboxylic acids is 1. The average molecular weight is 356 g/mol. The maximum Gasteiger partial charge on any atom is 0.282 e. The molecule has 0 radical (unpaired) electrons. The Kier molecular flexibility index (Phi) is 4.38. The van der Waals surface area contributed by atoms with Crippen LogP contribution in [0.3, 0.4) is 0 Å². The minimum absolute atomic E-state index is 0.205. The number of aliphatic imine (C=N–C) groups is 1. The second-order valence-electron chi connectivity index (χ2n) is 6.36. The van der Waals surface area contributed by atoms with E-state index in [1.165, 1.54) is 12.1 Å². The SMILES string of the molecule is Cc1cccc(N2C(=O)/C(=C\c3ccc(F)cc3)N=C2c2ccccc2)c1. The molecule has 3 aromatic carbocycles. The van der Waals surface area contributed by atoms with E-state index in [0.717, 1.165) is 22.4 Å². The molecule has 0 aromatic heterocycles. The quantitative estimate of drug-likeness (QED) is 0.610. The van der Waals surface area contributed by atoms with Gasteiger partial charge in [-0.15, -0.1) is 0 Å². The van der Waals surface area contributed by atoms with Crippen LogP contribution in [0.15, 0.2) is 89.6 Å². The topological polar surface area (TPSA) is 32.7 Å². The van der Waals surface area contributed by atoms with Gasteiger partial charge in [-0.05, 0) is 48.4 Å². The lowest BCUT2D eigenvalue weighted by atomic mass is 10.1. The molecule has 0 saturated carbocycles. The molecule has 4 rings (SSSR count). The molecule has 0 N–H and O–H groups in total. The van der Waals surface area contributed by atoms with Gasteiger partial charge in [-0.3, -0.25) is 9.69 Å². The van der Waals surface area contributed by atoms with E-state index < -0.39 is 0 Å². The van der Waals surface area contributed by atoms with Crippen molar-refractivity contribution in [3.63, 3.8) is 0 Å². The minimum Gasteiger partial charge on any atom is -0.266 e. The van der Waals surface area contributed by atoms with Crippen LogP contribution < -0.4 is 4.90 Å². The first kappa shape index (κ1) is 16.9. The number of carbonyl (C=O) groups is 1. The zero-order valence-electron chi connectivity index (χ0n) is 14.8. The molecule has 1 amide bonds. The van der Waals surface area contributed by atoms with E-state index in [4.69, 9.17) is 0 Å². The summed E-state index contributed by atoms with van der Waals surface area (Å²) in [5.41, 5.74) is 3.73. The number of hydrogen-bond donors (Lipinski definition) is 0. The number of anilines is 1. The van der Waals surface area contributed by atoms with Gasteiger partial charge in [0.1, 0.15) is 17.3 Å². The Balaban J connectivity index is 1.82. The van der Waals surface area contributed by atoms with E-state index in [-0.39, 0.29) is 11.7 Å². The molecule has 1 aliphatic heterocycles. The van der Waals surface area contributed by atoms with Crippen molar-refractivity contribution in [1.29, 1.82) is 0 Å². The highest BCUT2D eigenvalue weighted by molar-refractivity contribution is 6.33. The first-order chi connectivity index (χ1) is 13.1. The summed E-state index contributed by atoms with van der Waals surface area (Å²) in [5, 5.41) is 0. The summed E-state index contributed by atoms with van der Waals surface area (Å²) < 4.78 is 13.2. The van der Waals surface area contributed by atoms with Crippen LogP contribution in [0.25, 0.3) is 6.08 Å². The third kappa shape index (κ3) is 3.42. The number of hydrogen-bond acceptors (Lipinski definition) is 2. The van der Waals surface area contributed by atoms with Crippen molar-refractivity contribution in [2.45, 2.75) is 6.92 Å². The summed E-state index contributed by atoms with van der Waals surface area (Å²) in [6.07, 6.45) is 1.68. The van der Waals surface area contributed by atoms with E-state index >= 15 is 0 Å². The Labute approximate surface area is 157 Å². The predicted octanol–water partition coefficient (Wildman–Crippen LogP) is 4.97. The van der Waals surface area contributed by atoms with Crippen LogP contribution in [0.1, 0.15) is 16.7 Å². The van der Waals surface area contributed by atoms with E-state index in [1.54, 1.807) is 23.1 Å². The van der Waals surface area contributed by atoms with E-state index in [0.29, 0.717) is 11.5 Å². The summed E-state index contributed by atoms with van der Waals surface area (Å²) >= 11 is 0. The Hall–Kier alpha value is -3.53. The lowest BCUT2D eigenvalue weighted by Gasteiger charge is -2.19. The summed E-state index contributed by atoms with van der Waals surface area (Å²) in [6, 6.07) is 23.3. The maximum atomic E-state index is 13.2. The molecule has 4 heteroatoms. The largest absolute Gasteiger partial charge is 0.282 e. The van der Waals surface area contributed by atoms with Crippen molar-refractivity contribution >= 4 is 23.5 Å². The van der Waals surface area contributed by atoms with Gasteiger partial charge in [-0.25, -0.2) is 9.38 Å². The normalized spacial score (nSPS) is 15.3. The van der Waals surface area contributed by atoms with Gasteiger partial charge < -0.3 is 0 Å². The van der Waals surface area contributed by atoms with Gasteiger partial charge in [0, 0.05) is 5.56 Å². The molecule has 3 aromatic rings. The summed E-state index contributed by atoms with van der Waals surface area (Å²) in [6.45, 7) is 1.98. The molecule has 1 aliphatic rings. The third-order valence-electron chi connectivity index (χ3n) is 4.33. The molecule has 0 aliphatic carbocycles. The van der Waals surface area contributed by atoms with Crippen LogP contribution in [-0.4, -0.2) is 11.7 Å². The van der Waals surface area contributed by atoms with Crippen LogP contribution in [0.5, 0.6) is 0 Å².